The molecule has 2 aliphatic rings. The number of benzene rings is 1. The molecule has 0 bridgehead atoms. The minimum atomic E-state index is -1.21. The first kappa shape index (κ1) is 21.3. The lowest BCUT2D eigenvalue weighted by Crippen LogP contribution is -2.60. The van der Waals surface area contributed by atoms with E-state index in [2.05, 4.69) is 10.1 Å². The van der Waals surface area contributed by atoms with Gasteiger partial charge in [-0.2, -0.15) is 5.10 Å². The monoisotopic (exact) mass is 449 g/mol. The summed E-state index contributed by atoms with van der Waals surface area (Å²) in [6.07, 6.45) is 4.97. The van der Waals surface area contributed by atoms with Crippen LogP contribution in [-0.4, -0.2) is 68.2 Å². The molecule has 9 heteroatoms. The normalized spacial score (nSPS) is 22.8. The second kappa shape index (κ2) is 8.40. The summed E-state index contributed by atoms with van der Waals surface area (Å²) < 4.78 is 21.1. The van der Waals surface area contributed by atoms with E-state index in [-0.39, 0.29) is 30.1 Å². The minimum Gasteiger partial charge on any atom is -0.361 e. The maximum Gasteiger partial charge on any atom is 0.272 e. The van der Waals surface area contributed by atoms with Crippen molar-refractivity contribution in [3.63, 3.8) is 0 Å². The van der Waals surface area contributed by atoms with E-state index >= 15 is 0 Å². The number of ether oxygens (including phenoxy) is 1. The molecule has 2 saturated heterocycles. The smallest absolute Gasteiger partial charge is 0.272 e. The molecule has 0 aliphatic carbocycles. The highest BCUT2D eigenvalue weighted by atomic mass is 19.1. The Hall–Kier alpha value is -3.59. The van der Waals surface area contributed by atoms with Crippen LogP contribution in [0.25, 0.3) is 0 Å². The fourth-order valence-electron chi connectivity index (χ4n) is 4.78. The Morgan fingerprint density at radius 3 is 2.73 bits per heavy atom. The quantitative estimate of drug-likeness (QED) is 0.609. The number of morpholine rings is 1. The van der Waals surface area contributed by atoms with Crippen molar-refractivity contribution in [2.75, 3.05) is 26.2 Å². The van der Waals surface area contributed by atoms with Crippen LogP contribution < -0.4 is 0 Å². The largest absolute Gasteiger partial charge is 0.361 e. The number of likely N-dealkylation sites (tertiary alicyclic amines) is 1. The molecule has 2 aliphatic heterocycles. The molecule has 1 spiro atoms. The molecule has 33 heavy (non-hydrogen) atoms. The summed E-state index contributed by atoms with van der Waals surface area (Å²) in [4.78, 5) is 34.8. The first-order valence-electron chi connectivity index (χ1n) is 10.8. The Morgan fingerprint density at radius 1 is 1.21 bits per heavy atom. The van der Waals surface area contributed by atoms with E-state index in [4.69, 9.17) is 4.74 Å². The van der Waals surface area contributed by atoms with Gasteiger partial charge in [0.25, 0.3) is 11.8 Å². The Labute approximate surface area is 190 Å². The number of carbonyl (C=O) groups excluding carboxylic acids is 2. The van der Waals surface area contributed by atoms with Gasteiger partial charge in [0.05, 0.1) is 13.2 Å². The van der Waals surface area contributed by atoms with Crippen molar-refractivity contribution in [3.05, 3.63) is 83.7 Å². The summed E-state index contributed by atoms with van der Waals surface area (Å²) in [6, 6.07) is 11.5. The number of rotatable bonds is 4. The topological polar surface area (TPSA) is 80.6 Å². The van der Waals surface area contributed by atoms with Gasteiger partial charge in [-0.05, 0) is 35.4 Å². The fourth-order valence-corrected chi connectivity index (χ4v) is 4.78. The van der Waals surface area contributed by atoms with Gasteiger partial charge in [0, 0.05) is 51.2 Å². The summed E-state index contributed by atoms with van der Waals surface area (Å²) in [6.45, 7) is 1.58. The molecule has 0 radical (unpaired) electrons. The zero-order chi connectivity index (χ0) is 23.0. The van der Waals surface area contributed by atoms with Gasteiger partial charge in [-0.15, -0.1) is 0 Å². The van der Waals surface area contributed by atoms with Gasteiger partial charge in [0.1, 0.15) is 11.5 Å². The lowest BCUT2D eigenvalue weighted by molar-refractivity contribution is -0.172. The molecule has 2 amide bonds. The Morgan fingerprint density at radius 2 is 2.03 bits per heavy atom. The Bertz CT molecular complexity index is 1170. The van der Waals surface area contributed by atoms with E-state index < -0.39 is 5.60 Å². The highest BCUT2D eigenvalue weighted by Crippen LogP contribution is 2.42. The molecule has 4 heterocycles. The van der Waals surface area contributed by atoms with Crippen LogP contribution in [0, 0.1) is 5.82 Å². The van der Waals surface area contributed by atoms with E-state index in [1.807, 2.05) is 12.1 Å². The van der Waals surface area contributed by atoms with Crippen molar-refractivity contribution in [2.24, 2.45) is 7.05 Å². The van der Waals surface area contributed by atoms with Crippen LogP contribution in [0.4, 0.5) is 4.39 Å². The summed E-state index contributed by atoms with van der Waals surface area (Å²) in [5.41, 5.74) is 0.911. The first-order chi connectivity index (χ1) is 16.0. The van der Waals surface area contributed by atoms with Crippen LogP contribution in [-0.2, 0) is 23.1 Å². The van der Waals surface area contributed by atoms with Crippen LogP contribution in [0.1, 0.15) is 27.5 Å². The fraction of sp³-hybridized carbons (Fsp3) is 0.333. The van der Waals surface area contributed by atoms with Crippen molar-refractivity contribution in [2.45, 2.75) is 18.1 Å². The molecular formula is C24H24FN5O3. The van der Waals surface area contributed by atoms with Gasteiger partial charge < -0.3 is 14.5 Å². The third-order valence-electron chi connectivity index (χ3n) is 6.46. The average molecular weight is 449 g/mol. The van der Waals surface area contributed by atoms with E-state index in [1.165, 1.54) is 16.8 Å². The number of hydrogen-bond acceptors (Lipinski definition) is 5. The van der Waals surface area contributed by atoms with Crippen LogP contribution in [0.2, 0.25) is 0 Å². The number of aromatic nitrogens is 3. The lowest BCUT2D eigenvalue weighted by atomic mass is 9.83. The number of nitrogens with zero attached hydrogens (tertiary/aromatic N) is 5. The van der Waals surface area contributed by atoms with Crippen LogP contribution in [0.15, 0.2) is 61.1 Å². The number of halogens is 1. The van der Waals surface area contributed by atoms with Crippen molar-refractivity contribution in [3.8, 4) is 0 Å². The lowest BCUT2D eigenvalue weighted by Gasteiger charge is -2.42. The minimum absolute atomic E-state index is 0.134. The Balaban J connectivity index is 1.48. The molecule has 3 aromatic rings. The van der Waals surface area contributed by atoms with Gasteiger partial charge in [0.15, 0.2) is 5.60 Å². The van der Waals surface area contributed by atoms with Crippen LogP contribution in [0.5, 0.6) is 0 Å². The molecule has 2 fully saturated rings. The molecule has 0 unspecified atom stereocenters. The molecule has 2 atom stereocenters. The van der Waals surface area contributed by atoms with Gasteiger partial charge in [-0.25, -0.2) is 4.39 Å². The number of pyridine rings is 1. The van der Waals surface area contributed by atoms with Gasteiger partial charge in [-0.3, -0.25) is 19.3 Å². The summed E-state index contributed by atoms with van der Waals surface area (Å²) in [5.74, 6) is -1.06. The van der Waals surface area contributed by atoms with Gasteiger partial charge in [-0.1, -0.05) is 18.2 Å². The maximum atomic E-state index is 13.9. The Kier molecular flexibility index (Phi) is 5.41. The zero-order valence-electron chi connectivity index (χ0n) is 18.2. The molecule has 1 aromatic carbocycles. The van der Waals surface area contributed by atoms with Crippen molar-refractivity contribution in [1.29, 1.82) is 0 Å². The maximum absolute atomic E-state index is 13.9. The highest BCUT2D eigenvalue weighted by Gasteiger charge is 2.58. The summed E-state index contributed by atoms with van der Waals surface area (Å²) >= 11 is 0. The molecule has 5 rings (SSSR count). The molecule has 170 valence electrons. The predicted octanol–water partition coefficient (Wildman–Crippen LogP) is 1.99. The van der Waals surface area contributed by atoms with Crippen molar-refractivity contribution in [1.82, 2.24) is 24.6 Å². The summed E-state index contributed by atoms with van der Waals surface area (Å²) in [5, 5.41) is 4.10. The molecular weight excluding hydrogens is 425 g/mol. The number of hydrogen-bond donors (Lipinski definition) is 0. The van der Waals surface area contributed by atoms with E-state index in [9.17, 15) is 14.0 Å². The third kappa shape index (κ3) is 3.78. The molecule has 0 saturated carbocycles. The SMILES string of the molecule is Cn1nccc1C(=O)N1C[C@H](c2cccnc2)[C@@]2(C1)OCCN(Cc1ccc(F)cc1)C2=O. The molecule has 0 N–H and O–H groups in total. The van der Waals surface area contributed by atoms with Gasteiger partial charge in [0.2, 0.25) is 0 Å². The van der Waals surface area contributed by atoms with Crippen LogP contribution in [0.3, 0.4) is 0 Å². The van der Waals surface area contributed by atoms with E-state index in [0.717, 1.165) is 11.1 Å². The molecule has 2 aromatic heterocycles. The second-order valence-corrected chi connectivity index (χ2v) is 8.46. The molecule has 8 nitrogen and oxygen atoms in total. The predicted molar refractivity (Wildman–Crippen MR) is 117 cm³/mol. The van der Waals surface area contributed by atoms with E-state index in [0.29, 0.717) is 31.9 Å². The van der Waals surface area contributed by atoms with Crippen molar-refractivity contribution >= 4 is 11.8 Å². The van der Waals surface area contributed by atoms with E-state index in [1.54, 1.807) is 53.6 Å². The average Bonchev–Trinajstić information content (AvgIpc) is 3.43. The highest BCUT2D eigenvalue weighted by molar-refractivity contribution is 5.95. The number of carbonyl (C=O) groups is 2. The third-order valence-corrected chi connectivity index (χ3v) is 6.46. The second-order valence-electron chi connectivity index (χ2n) is 8.46. The first-order valence-corrected chi connectivity index (χ1v) is 10.8. The zero-order valence-corrected chi connectivity index (χ0v) is 18.2. The van der Waals surface area contributed by atoms with Crippen molar-refractivity contribution < 1.29 is 18.7 Å². The van der Waals surface area contributed by atoms with Gasteiger partial charge >= 0.3 is 0 Å². The standard InChI is InChI=1S/C24H24FN5O3/c1-28-21(8-10-27-28)22(31)30-15-20(18-3-2-9-26-13-18)24(16-30)23(32)29(11-12-33-24)14-17-4-6-19(25)7-5-17/h2-10,13,20H,11-12,14-16H2,1H3/t20-,24-/m1/s1. The number of amides is 2. The summed E-state index contributed by atoms with van der Waals surface area (Å²) in [7, 11) is 1.71. The van der Waals surface area contributed by atoms with Crippen LogP contribution >= 0.6 is 0 Å². The number of aryl methyl sites for hydroxylation is 1.